The number of carbonyl (C=O) groups excluding carboxylic acids is 1. The van der Waals surface area contributed by atoms with Crippen molar-refractivity contribution in [2.45, 2.75) is 12.3 Å². The minimum atomic E-state index is -1.03. The third-order valence-electron chi connectivity index (χ3n) is 5.67. The van der Waals surface area contributed by atoms with Crippen molar-refractivity contribution in [3.8, 4) is 11.1 Å². The molecule has 1 aliphatic rings. The molecule has 0 aromatic heterocycles. The second kappa shape index (κ2) is 9.63. The summed E-state index contributed by atoms with van der Waals surface area (Å²) in [4.78, 5) is 24.0. The summed E-state index contributed by atoms with van der Waals surface area (Å²) < 4.78 is 5.47. The Morgan fingerprint density at radius 3 is 2.19 bits per heavy atom. The second-order valence-corrected chi connectivity index (χ2v) is 8.53. The van der Waals surface area contributed by atoms with E-state index in [1.165, 1.54) is 0 Å². The molecule has 164 valence electrons. The summed E-state index contributed by atoms with van der Waals surface area (Å²) in [5.74, 6) is -1.94. The van der Waals surface area contributed by atoms with Gasteiger partial charge in [0.2, 0.25) is 0 Å². The molecule has 3 aromatic carbocycles. The van der Waals surface area contributed by atoms with Gasteiger partial charge in [0, 0.05) is 22.5 Å². The maximum Gasteiger partial charge on any atom is 0.407 e. The van der Waals surface area contributed by atoms with Crippen LogP contribution in [0.3, 0.4) is 0 Å². The summed E-state index contributed by atoms with van der Waals surface area (Å²) >= 11 is 12.1. The topological polar surface area (TPSA) is 75.6 Å². The smallest absolute Gasteiger partial charge is 0.407 e. The number of alkyl carbamates (subject to hydrolysis) is 1. The van der Waals surface area contributed by atoms with Crippen LogP contribution in [-0.2, 0) is 16.0 Å². The van der Waals surface area contributed by atoms with Crippen LogP contribution in [-0.4, -0.2) is 30.3 Å². The molecule has 32 heavy (non-hydrogen) atoms. The predicted octanol–water partition coefficient (Wildman–Crippen LogP) is 5.78. The van der Waals surface area contributed by atoms with Crippen molar-refractivity contribution in [3.63, 3.8) is 0 Å². The van der Waals surface area contributed by atoms with Crippen molar-refractivity contribution in [1.82, 2.24) is 5.32 Å². The molecular formula is C25H21Cl2NO4. The molecule has 0 saturated carbocycles. The number of benzene rings is 3. The van der Waals surface area contributed by atoms with Gasteiger partial charge in [-0.3, -0.25) is 4.79 Å². The third kappa shape index (κ3) is 4.74. The van der Waals surface area contributed by atoms with E-state index >= 15 is 0 Å². The zero-order valence-electron chi connectivity index (χ0n) is 17.1. The van der Waals surface area contributed by atoms with E-state index in [1.54, 1.807) is 18.2 Å². The van der Waals surface area contributed by atoms with E-state index in [1.807, 2.05) is 36.4 Å². The van der Waals surface area contributed by atoms with E-state index < -0.39 is 18.0 Å². The van der Waals surface area contributed by atoms with Crippen LogP contribution in [0, 0.1) is 5.92 Å². The molecule has 0 saturated heterocycles. The minimum Gasteiger partial charge on any atom is -0.481 e. The van der Waals surface area contributed by atoms with Gasteiger partial charge in [0.05, 0.1) is 5.92 Å². The van der Waals surface area contributed by atoms with Crippen LogP contribution >= 0.6 is 23.2 Å². The molecular weight excluding hydrogens is 449 g/mol. The average Bonchev–Trinajstić information content (AvgIpc) is 3.10. The van der Waals surface area contributed by atoms with E-state index in [4.69, 9.17) is 27.9 Å². The SMILES string of the molecule is O=C(NC[C@@H](Cc1ccc(Cl)cc1Cl)C(=O)O)OCC1c2ccccc2-c2ccccc21. The molecule has 0 unspecified atom stereocenters. The van der Waals surface area contributed by atoms with Gasteiger partial charge in [-0.1, -0.05) is 77.8 Å². The normalized spacial score (nSPS) is 13.2. The van der Waals surface area contributed by atoms with Gasteiger partial charge in [-0.05, 0) is 46.4 Å². The van der Waals surface area contributed by atoms with E-state index in [0.717, 1.165) is 22.3 Å². The van der Waals surface area contributed by atoms with Crippen molar-refractivity contribution in [1.29, 1.82) is 0 Å². The Morgan fingerprint density at radius 2 is 1.59 bits per heavy atom. The molecule has 3 aromatic rings. The van der Waals surface area contributed by atoms with Crippen LogP contribution < -0.4 is 5.32 Å². The van der Waals surface area contributed by atoms with Gasteiger partial charge in [0.15, 0.2) is 0 Å². The average molecular weight is 470 g/mol. The highest BCUT2D eigenvalue weighted by Gasteiger charge is 2.29. The number of carboxylic acid groups (broad SMARTS) is 1. The van der Waals surface area contributed by atoms with Gasteiger partial charge in [0.1, 0.15) is 6.61 Å². The van der Waals surface area contributed by atoms with Crippen LogP contribution in [0.25, 0.3) is 11.1 Å². The molecule has 0 fully saturated rings. The standard InChI is InChI=1S/C25H21Cl2NO4/c26-17-10-9-15(23(27)12-17)11-16(24(29)30)13-28-25(31)32-14-22-20-7-3-1-5-18(20)19-6-2-4-8-21(19)22/h1-10,12,16,22H,11,13-14H2,(H,28,31)(H,29,30)/t16-/m1/s1. The van der Waals surface area contributed by atoms with Gasteiger partial charge < -0.3 is 15.2 Å². The van der Waals surface area contributed by atoms with E-state index in [-0.39, 0.29) is 25.5 Å². The third-order valence-corrected chi connectivity index (χ3v) is 6.25. The lowest BCUT2D eigenvalue weighted by atomic mass is 9.98. The first-order chi connectivity index (χ1) is 15.4. The molecule has 1 aliphatic carbocycles. The van der Waals surface area contributed by atoms with Crippen LogP contribution in [0.2, 0.25) is 10.0 Å². The van der Waals surface area contributed by atoms with Gasteiger partial charge in [-0.15, -0.1) is 0 Å². The Kier molecular flexibility index (Phi) is 6.68. The maximum atomic E-state index is 12.3. The highest BCUT2D eigenvalue weighted by molar-refractivity contribution is 6.35. The van der Waals surface area contributed by atoms with E-state index in [0.29, 0.717) is 15.6 Å². The molecule has 5 nitrogen and oxygen atoms in total. The first-order valence-electron chi connectivity index (χ1n) is 10.2. The number of halogens is 2. The molecule has 0 bridgehead atoms. The fraction of sp³-hybridized carbons (Fsp3) is 0.200. The largest absolute Gasteiger partial charge is 0.481 e. The van der Waals surface area contributed by atoms with Crippen LogP contribution in [0.15, 0.2) is 66.7 Å². The number of aliphatic carboxylic acids is 1. The molecule has 0 aliphatic heterocycles. The summed E-state index contributed by atoms with van der Waals surface area (Å²) in [5.41, 5.74) is 5.16. The Balaban J connectivity index is 1.37. The quantitative estimate of drug-likeness (QED) is 0.460. The zero-order chi connectivity index (χ0) is 22.7. The first-order valence-corrected chi connectivity index (χ1v) is 10.9. The Labute approximate surface area is 195 Å². The van der Waals surface area contributed by atoms with Gasteiger partial charge in [-0.25, -0.2) is 4.79 Å². The Hall–Kier alpha value is -3.02. The first kappa shape index (κ1) is 22.2. The highest BCUT2D eigenvalue weighted by Crippen LogP contribution is 2.44. The van der Waals surface area contributed by atoms with E-state index in [9.17, 15) is 14.7 Å². The van der Waals surface area contributed by atoms with Crippen LogP contribution in [0.1, 0.15) is 22.6 Å². The Morgan fingerprint density at radius 1 is 0.969 bits per heavy atom. The van der Waals surface area contributed by atoms with Gasteiger partial charge in [-0.2, -0.15) is 0 Å². The fourth-order valence-corrected chi connectivity index (χ4v) is 4.54. The van der Waals surface area contributed by atoms with Crippen molar-refractivity contribution in [3.05, 3.63) is 93.5 Å². The molecule has 4 rings (SSSR count). The maximum absolute atomic E-state index is 12.3. The van der Waals surface area contributed by atoms with Crippen LogP contribution in [0.5, 0.6) is 0 Å². The zero-order valence-corrected chi connectivity index (χ0v) is 18.6. The number of amides is 1. The van der Waals surface area contributed by atoms with Gasteiger partial charge >= 0.3 is 12.1 Å². The van der Waals surface area contributed by atoms with Crippen molar-refractivity contribution in [2.75, 3.05) is 13.2 Å². The number of ether oxygens (including phenoxy) is 1. The molecule has 0 heterocycles. The molecule has 0 radical (unpaired) electrons. The summed E-state index contributed by atoms with van der Waals surface area (Å²) in [5, 5.41) is 13.0. The number of carboxylic acids is 1. The number of nitrogens with one attached hydrogen (secondary N) is 1. The van der Waals surface area contributed by atoms with Crippen molar-refractivity contribution in [2.24, 2.45) is 5.92 Å². The lowest BCUT2D eigenvalue weighted by Crippen LogP contribution is -2.35. The minimum absolute atomic E-state index is 0.0590. The van der Waals surface area contributed by atoms with Crippen molar-refractivity contribution < 1.29 is 19.4 Å². The molecule has 0 spiro atoms. The van der Waals surface area contributed by atoms with E-state index in [2.05, 4.69) is 17.4 Å². The lowest BCUT2D eigenvalue weighted by molar-refractivity contribution is -0.141. The number of hydrogen-bond acceptors (Lipinski definition) is 3. The molecule has 1 amide bonds. The highest BCUT2D eigenvalue weighted by atomic mass is 35.5. The number of rotatable bonds is 7. The molecule has 7 heteroatoms. The second-order valence-electron chi connectivity index (χ2n) is 7.68. The lowest BCUT2D eigenvalue weighted by Gasteiger charge is -2.17. The molecule has 2 N–H and O–H groups in total. The fourth-order valence-electron chi connectivity index (χ4n) is 4.06. The number of carbonyl (C=O) groups is 2. The summed E-state index contributed by atoms with van der Waals surface area (Å²) in [7, 11) is 0. The predicted molar refractivity (Wildman–Crippen MR) is 124 cm³/mol. The monoisotopic (exact) mass is 469 g/mol. The van der Waals surface area contributed by atoms with Crippen LogP contribution in [0.4, 0.5) is 4.79 Å². The van der Waals surface area contributed by atoms with Gasteiger partial charge in [0.25, 0.3) is 0 Å². The van der Waals surface area contributed by atoms with Crippen molar-refractivity contribution >= 4 is 35.3 Å². The Bertz CT molecular complexity index is 1120. The summed E-state index contributed by atoms with van der Waals surface area (Å²) in [6.07, 6.45) is -0.491. The number of hydrogen-bond donors (Lipinski definition) is 2. The number of fused-ring (bicyclic) bond motifs is 3. The summed E-state index contributed by atoms with van der Waals surface area (Å²) in [6.45, 7) is 0.0889. The molecule has 1 atom stereocenters. The summed E-state index contributed by atoms with van der Waals surface area (Å²) in [6, 6.07) is 21.0.